The van der Waals surface area contributed by atoms with Gasteiger partial charge in [-0.05, 0) is 53.7 Å². The average molecular weight is 314 g/mol. The third-order valence-electron chi connectivity index (χ3n) is 6.64. The van der Waals surface area contributed by atoms with Crippen molar-refractivity contribution in [3.63, 3.8) is 0 Å². The number of hydrogen-bond acceptors (Lipinski definition) is 2. The Morgan fingerprint density at radius 1 is 1.17 bits per heavy atom. The minimum Gasteiger partial charge on any atom is -0.496 e. The zero-order valence-electron chi connectivity index (χ0n) is 15.5. The highest BCUT2D eigenvalue weighted by Gasteiger charge is 2.53. The number of fused-ring (bicyclic) bond motifs is 3. The Morgan fingerprint density at radius 2 is 1.87 bits per heavy atom. The fourth-order valence-corrected chi connectivity index (χ4v) is 5.41. The predicted molar refractivity (Wildman–Crippen MR) is 94.3 cm³/mol. The summed E-state index contributed by atoms with van der Waals surface area (Å²) >= 11 is 0. The van der Waals surface area contributed by atoms with Crippen molar-refractivity contribution in [2.75, 3.05) is 7.11 Å². The summed E-state index contributed by atoms with van der Waals surface area (Å²) in [6, 6.07) is 4.42. The van der Waals surface area contributed by atoms with Crippen LogP contribution >= 0.6 is 0 Å². The van der Waals surface area contributed by atoms with E-state index < -0.39 is 0 Å². The topological polar surface area (TPSA) is 26.3 Å². The molecule has 2 nitrogen and oxygen atoms in total. The fraction of sp³-hybridized carbons (Fsp3) is 0.667. The number of ketones is 1. The van der Waals surface area contributed by atoms with Crippen LogP contribution in [-0.2, 0) is 16.6 Å². The molecule has 0 saturated heterocycles. The molecule has 0 radical (unpaired) electrons. The molecule has 3 rings (SSSR count). The highest BCUT2D eigenvalue weighted by Crippen LogP contribution is 2.57. The summed E-state index contributed by atoms with van der Waals surface area (Å²) in [5, 5.41) is 0. The molecule has 0 heterocycles. The van der Waals surface area contributed by atoms with Crippen LogP contribution in [0.5, 0.6) is 5.75 Å². The summed E-state index contributed by atoms with van der Waals surface area (Å²) in [6.07, 6.45) is 3.87. The first-order valence-corrected chi connectivity index (χ1v) is 8.97. The van der Waals surface area contributed by atoms with Gasteiger partial charge in [-0.25, -0.2) is 0 Å². The van der Waals surface area contributed by atoms with Crippen molar-refractivity contribution in [2.24, 2.45) is 11.3 Å². The van der Waals surface area contributed by atoms with Gasteiger partial charge in [-0.1, -0.05) is 40.7 Å². The van der Waals surface area contributed by atoms with Gasteiger partial charge < -0.3 is 4.74 Å². The van der Waals surface area contributed by atoms with E-state index in [-0.39, 0.29) is 10.8 Å². The smallest absolute Gasteiger partial charge is 0.138 e. The molecule has 0 N–H and O–H groups in total. The molecule has 2 aliphatic carbocycles. The van der Waals surface area contributed by atoms with E-state index in [4.69, 9.17) is 4.74 Å². The quantitative estimate of drug-likeness (QED) is 0.765. The number of rotatable bonds is 2. The van der Waals surface area contributed by atoms with Crippen LogP contribution in [0.25, 0.3) is 0 Å². The van der Waals surface area contributed by atoms with Crippen molar-refractivity contribution >= 4 is 5.78 Å². The number of Topliss-reactive ketones (excluding diaryl/α,β-unsaturated/α-hetero) is 1. The fourth-order valence-electron chi connectivity index (χ4n) is 5.41. The molecule has 2 atom stereocenters. The van der Waals surface area contributed by atoms with Crippen molar-refractivity contribution in [1.82, 2.24) is 0 Å². The molecule has 23 heavy (non-hydrogen) atoms. The molecule has 2 unspecified atom stereocenters. The molecule has 1 fully saturated rings. The third-order valence-corrected chi connectivity index (χ3v) is 6.64. The first-order valence-electron chi connectivity index (χ1n) is 8.97. The lowest BCUT2D eigenvalue weighted by Gasteiger charge is -2.53. The van der Waals surface area contributed by atoms with E-state index >= 15 is 0 Å². The number of hydrogen-bond donors (Lipinski definition) is 0. The van der Waals surface area contributed by atoms with Gasteiger partial charge in [0.25, 0.3) is 0 Å². The molecule has 1 aromatic rings. The van der Waals surface area contributed by atoms with Crippen LogP contribution in [0.1, 0.15) is 76.5 Å². The maximum Gasteiger partial charge on any atom is 0.138 e. The molecule has 0 aliphatic heterocycles. The van der Waals surface area contributed by atoms with E-state index in [0.29, 0.717) is 24.0 Å². The van der Waals surface area contributed by atoms with Crippen LogP contribution in [0.4, 0.5) is 0 Å². The lowest BCUT2D eigenvalue weighted by atomic mass is 9.49. The minimum absolute atomic E-state index is 0.112. The number of carbonyl (C=O) groups excluding carboxylic acids is 1. The summed E-state index contributed by atoms with van der Waals surface area (Å²) in [6.45, 7) is 11.2. The zero-order valence-corrected chi connectivity index (χ0v) is 15.5. The SMILES string of the molecule is COc1ccc2c(c1C(C)C)CCC1C(C)(C)C(=O)CCC21C. The van der Waals surface area contributed by atoms with E-state index in [1.807, 2.05) is 0 Å². The normalized spacial score (nSPS) is 29.2. The Morgan fingerprint density at radius 3 is 2.48 bits per heavy atom. The summed E-state index contributed by atoms with van der Waals surface area (Å²) < 4.78 is 5.65. The molecule has 0 spiro atoms. The number of ether oxygens (including phenoxy) is 1. The van der Waals surface area contributed by atoms with Crippen LogP contribution in [0.3, 0.4) is 0 Å². The highest BCUT2D eigenvalue weighted by atomic mass is 16.5. The lowest BCUT2D eigenvalue weighted by molar-refractivity contribution is -0.137. The van der Waals surface area contributed by atoms with Gasteiger partial charge in [-0.2, -0.15) is 0 Å². The second-order valence-electron chi connectivity index (χ2n) is 8.52. The van der Waals surface area contributed by atoms with Gasteiger partial charge >= 0.3 is 0 Å². The largest absolute Gasteiger partial charge is 0.496 e. The van der Waals surface area contributed by atoms with Crippen LogP contribution < -0.4 is 4.74 Å². The van der Waals surface area contributed by atoms with Crippen molar-refractivity contribution in [1.29, 1.82) is 0 Å². The molecule has 0 bridgehead atoms. The lowest BCUT2D eigenvalue weighted by Crippen LogP contribution is -2.52. The van der Waals surface area contributed by atoms with Crippen LogP contribution in [0.2, 0.25) is 0 Å². The van der Waals surface area contributed by atoms with E-state index in [1.54, 1.807) is 7.11 Å². The third kappa shape index (κ3) is 2.25. The molecule has 0 amide bonds. The van der Waals surface area contributed by atoms with Gasteiger partial charge in [0.2, 0.25) is 0 Å². The van der Waals surface area contributed by atoms with E-state index in [0.717, 1.165) is 25.0 Å². The van der Waals surface area contributed by atoms with Crippen LogP contribution in [0.15, 0.2) is 12.1 Å². The molecular formula is C21H30O2. The summed E-state index contributed by atoms with van der Waals surface area (Å²) in [4.78, 5) is 12.5. The van der Waals surface area contributed by atoms with Crippen LogP contribution in [-0.4, -0.2) is 12.9 Å². The van der Waals surface area contributed by atoms with Crippen molar-refractivity contribution in [2.45, 2.75) is 71.6 Å². The number of benzene rings is 1. The Labute approximate surface area is 140 Å². The van der Waals surface area contributed by atoms with Crippen LogP contribution in [0, 0.1) is 11.3 Å². The van der Waals surface area contributed by atoms with E-state index in [9.17, 15) is 4.79 Å². The average Bonchev–Trinajstić information content (AvgIpc) is 2.50. The van der Waals surface area contributed by atoms with Gasteiger partial charge in [0, 0.05) is 17.4 Å². The standard InChI is InChI=1S/C21H30O2/c1-13(2)19-14-7-10-17-20(3,4)18(22)11-12-21(17,5)15(14)8-9-16(19)23-6/h8-9,13,17H,7,10-12H2,1-6H3. The molecule has 2 heteroatoms. The van der Waals surface area contributed by atoms with Crippen molar-refractivity contribution in [3.8, 4) is 5.75 Å². The summed E-state index contributed by atoms with van der Waals surface area (Å²) in [5.74, 6) is 2.36. The first kappa shape index (κ1) is 16.5. The van der Waals surface area contributed by atoms with Gasteiger partial charge in [0.1, 0.15) is 11.5 Å². The number of carbonyl (C=O) groups is 1. The number of methoxy groups -OCH3 is 1. The Bertz CT molecular complexity index is 641. The molecule has 1 saturated carbocycles. The van der Waals surface area contributed by atoms with Gasteiger partial charge in [0.15, 0.2) is 0 Å². The van der Waals surface area contributed by atoms with Crippen molar-refractivity contribution < 1.29 is 9.53 Å². The second kappa shape index (κ2) is 5.36. The Kier molecular flexibility index (Phi) is 3.85. The highest BCUT2D eigenvalue weighted by molar-refractivity contribution is 5.86. The molecule has 2 aliphatic rings. The second-order valence-corrected chi connectivity index (χ2v) is 8.52. The predicted octanol–water partition coefficient (Wildman–Crippen LogP) is 5.03. The minimum atomic E-state index is -0.206. The maximum absolute atomic E-state index is 12.5. The van der Waals surface area contributed by atoms with E-state index in [1.165, 1.54) is 16.7 Å². The molecule has 1 aromatic carbocycles. The van der Waals surface area contributed by atoms with Gasteiger partial charge in [0.05, 0.1) is 7.11 Å². The Balaban J connectivity index is 2.18. The molecular weight excluding hydrogens is 284 g/mol. The monoisotopic (exact) mass is 314 g/mol. The maximum atomic E-state index is 12.5. The first-order chi connectivity index (χ1) is 10.7. The molecule has 126 valence electrons. The van der Waals surface area contributed by atoms with Gasteiger partial charge in [-0.3, -0.25) is 4.79 Å². The summed E-state index contributed by atoms with van der Waals surface area (Å²) in [5.41, 5.74) is 4.24. The van der Waals surface area contributed by atoms with Crippen molar-refractivity contribution in [3.05, 3.63) is 28.8 Å². The van der Waals surface area contributed by atoms with E-state index in [2.05, 4.69) is 46.8 Å². The van der Waals surface area contributed by atoms with Gasteiger partial charge in [-0.15, -0.1) is 0 Å². The Hall–Kier alpha value is -1.31. The zero-order chi connectivity index (χ0) is 17.0. The molecule has 0 aromatic heterocycles. The summed E-state index contributed by atoms with van der Waals surface area (Å²) in [7, 11) is 1.77.